The van der Waals surface area contributed by atoms with Gasteiger partial charge in [0.2, 0.25) is 0 Å². The number of piperidine rings is 1. The van der Waals surface area contributed by atoms with E-state index in [9.17, 15) is 4.39 Å². The van der Waals surface area contributed by atoms with Crippen molar-refractivity contribution in [1.82, 2.24) is 5.32 Å². The van der Waals surface area contributed by atoms with Gasteiger partial charge in [0.25, 0.3) is 0 Å². The van der Waals surface area contributed by atoms with Crippen LogP contribution in [0.1, 0.15) is 25.3 Å². The number of benzene rings is 1. The lowest BCUT2D eigenvalue weighted by Gasteiger charge is -2.34. The summed E-state index contributed by atoms with van der Waals surface area (Å²) in [6, 6.07) is 7.62. The minimum Gasteiger partial charge on any atom is -0.317 e. The van der Waals surface area contributed by atoms with Crippen LogP contribution in [0.15, 0.2) is 28.7 Å². The highest BCUT2D eigenvalue weighted by Gasteiger charge is 2.37. The number of hydrogen-bond acceptors (Lipinski definition) is 1. The van der Waals surface area contributed by atoms with Crippen molar-refractivity contribution in [2.24, 2.45) is 5.92 Å². The summed E-state index contributed by atoms with van der Waals surface area (Å²) in [6.07, 6.45) is 1.82. The van der Waals surface area contributed by atoms with Crippen LogP contribution >= 0.6 is 15.9 Å². The molecule has 1 heterocycles. The summed E-state index contributed by atoms with van der Waals surface area (Å²) in [7, 11) is 0. The zero-order valence-corrected chi connectivity index (χ0v) is 11.1. The van der Waals surface area contributed by atoms with Gasteiger partial charge in [-0.15, -0.1) is 0 Å². The van der Waals surface area contributed by atoms with Crippen molar-refractivity contribution in [3.63, 3.8) is 0 Å². The molecule has 1 aromatic carbocycles. The van der Waals surface area contributed by atoms with Gasteiger partial charge >= 0.3 is 0 Å². The Morgan fingerprint density at radius 1 is 1.31 bits per heavy atom. The van der Waals surface area contributed by atoms with Crippen LogP contribution in [0.4, 0.5) is 4.39 Å². The molecule has 1 aromatic rings. The van der Waals surface area contributed by atoms with Crippen molar-refractivity contribution >= 4 is 15.9 Å². The first-order valence-electron chi connectivity index (χ1n) is 5.77. The van der Waals surface area contributed by atoms with E-state index in [1.165, 1.54) is 0 Å². The molecule has 1 N–H and O–H groups in total. The minimum absolute atomic E-state index is 0.118. The Bertz CT molecular complexity index is 359. The van der Waals surface area contributed by atoms with Crippen molar-refractivity contribution in [3.8, 4) is 0 Å². The summed E-state index contributed by atoms with van der Waals surface area (Å²) in [5.41, 5.74) is -0.454. The summed E-state index contributed by atoms with van der Waals surface area (Å²) in [4.78, 5) is 0. The highest BCUT2D eigenvalue weighted by Crippen LogP contribution is 2.41. The van der Waals surface area contributed by atoms with Gasteiger partial charge < -0.3 is 5.32 Å². The molecule has 0 saturated carbocycles. The zero-order chi connectivity index (χ0) is 11.6. The molecule has 1 aliphatic heterocycles. The van der Waals surface area contributed by atoms with Crippen LogP contribution in [0.25, 0.3) is 0 Å². The molecule has 0 radical (unpaired) electrons. The Labute approximate surface area is 105 Å². The fourth-order valence-corrected chi connectivity index (χ4v) is 3.11. The van der Waals surface area contributed by atoms with Gasteiger partial charge in [0.05, 0.1) is 0 Å². The molecule has 2 rings (SSSR count). The van der Waals surface area contributed by atoms with E-state index in [-0.39, 0.29) is 5.92 Å². The Kier molecular flexibility index (Phi) is 3.65. The SMILES string of the molecule is CC(F)(c1ccccc1Br)C1CCNCC1. The molecule has 1 fully saturated rings. The number of hydrogen-bond donors (Lipinski definition) is 1. The lowest BCUT2D eigenvalue weighted by atomic mass is 9.79. The molecular formula is C13H17BrFN. The van der Waals surface area contributed by atoms with E-state index in [2.05, 4.69) is 21.2 Å². The molecular weight excluding hydrogens is 269 g/mol. The summed E-state index contributed by atoms with van der Waals surface area (Å²) in [6.45, 7) is 3.56. The van der Waals surface area contributed by atoms with Crippen molar-refractivity contribution < 1.29 is 4.39 Å². The van der Waals surface area contributed by atoms with Crippen LogP contribution in [0, 0.1) is 5.92 Å². The maximum absolute atomic E-state index is 14.9. The fraction of sp³-hybridized carbons (Fsp3) is 0.538. The first-order chi connectivity index (χ1) is 7.62. The van der Waals surface area contributed by atoms with Gasteiger partial charge in [-0.05, 0) is 44.8 Å². The Morgan fingerprint density at radius 3 is 2.56 bits per heavy atom. The van der Waals surface area contributed by atoms with E-state index >= 15 is 0 Å². The summed E-state index contributed by atoms with van der Waals surface area (Å²) in [5.74, 6) is 0.118. The Morgan fingerprint density at radius 2 is 1.94 bits per heavy atom. The predicted molar refractivity (Wildman–Crippen MR) is 68.2 cm³/mol. The van der Waals surface area contributed by atoms with E-state index in [0.29, 0.717) is 0 Å². The molecule has 0 aromatic heterocycles. The van der Waals surface area contributed by atoms with E-state index in [1.807, 2.05) is 24.3 Å². The van der Waals surface area contributed by atoms with Gasteiger partial charge in [0.1, 0.15) is 5.67 Å². The highest BCUT2D eigenvalue weighted by atomic mass is 79.9. The third-order valence-electron chi connectivity index (χ3n) is 3.51. The van der Waals surface area contributed by atoms with Crippen molar-refractivity contribution in [2.45, 2.75) is 25.4 Å². The number of halogens is 2. The molecule has 1 aliphatic rings. The largest absolute Gasteiger partial charge is 0.317 e. The first kappa shape index (κ1) is 12.1. The third kappa shape index (κ3) is 2.30. The predicted octanol–water partition coefficient (Wildman–Crippen LogP) is 3.63. The maximum Gasteiger partial charge on any atom is 0.137 e. The van der Waals surface area contributed by atoms with Crippen molar-refractivity contribution in [2.75, 3.05) is 13.1 Å². The van der Waals surface area contributed by atoms with Crippen LogP contribution in [0.3, 0.4) is 0 Å². The first-order valence-corrected chi connectivity index (χ1v) is 6.56. The molecule has 16 heavy (non-hydrogen) atoms. The van der Waals surface area contributed by atoms with Gasteiger partial charge in [0, 0.05) is 10.0 Å². The molecule has 88 valence electrons. The smallest absolute Gasteiger partial charge is 0.137 e. The molecule has 1 unspecified atom stereocenters. The molecule has 1 nitrogen and oxygen atoms in total. The standard InChI is InChI=1S/C13H17BrFN/c1-13(15,10-6-8-16-9-7-10)11-4-2-3-5-12(11)14/h2-5,10,16H,6-9H2,1H3. The van der Waals surface area contributed by atoms with Crippen molar-refractivity contribution in [1.29, 1.82) is 0 Å². The summed E-state index contributed by atoms with van der Waals surface area (Å²) < 4.78 is 15.8. The second-order valence-corrected chi connectivity index (χ2v) is 5.43. The lowest BCUT2D eigenvalue weighted by Crippen LogP contribution is -2.37. The van der Waals surface area contributed by atoms with E-state index in [1.54, 1.807) is 6.92 Å². The molecule has 0 spiro atoms. The number of alkyl halides is 1. The second kappa shape index (κ2) is 4.84. The quantitative estimate of drug-likeness (QED) is 0.875. The summed E-state index contributed by atoms with van der Waals surface area (Å²) in [5, 5.41) is 3.27. The normalized spacial score (nSPS) is 21.7. The van der Waals surface area contributed by atoms with Crippen LogP contribution < -0.4 is 5.32 Å². The molecule has 0 amide bonds. The van der Waals surface area contributed by atoms with Crippen LogP contribution in [-0.4, -0.2) is 13.1 Å². The molecule has 0 bridgehead atoms. The van der Waals surface area contributed by atoms with Crippen LogP contribution in [0.5, 0.6) is 0 Å². The van der Waals surface area contributed by atoms with E-state index in [0.717, 1.165) is 36.0 Å². The molecule has 0 aliphatic carbocycles. The topological polar surface area (TPSA) is 12.0 Å². The molecule has 3 heteroatoms. The molecule has 1 atom stereocenters. The van der Waals surface area contributed by atoms with E-state index in [4.69, 9.17) is 0 Å². The third-order valence-corrected chi connectivity index (χ3v) is 4.20. The van der Waals surface area contributed by atoms with Gasteiger partial charge in [-0.2, -0.15) is 0 Å². The number of rotatable bonds is 2. The Balaban J connectivity index is 2.26. The van der Waals surface area contributed by atoms with Crippen molar-refractivity contribution in [3.05, 3.63) is 34.3 Å². The molecule has 1 saturated heterocycles. The van der Waals surface area contributed by atoms with Gasteiger partial charge in [-0.25, -0.2) is 4.39 Å². The Hall–Kier alpha value is -0.410. The van der Waals surface area contributed by atoms with Gasteiger partial charge in [0.15, 0.2) is 0 Å². The van der Waals surface area contributed by atoms with E-state index < -0.39 is 5.67 Å². The zero-order valence-electron chi connectivity index (χ0n) is 9.47. The van der Waals surface area contributed by atoms with Crippen LogP contribution in [0.2, 0.25) is 0 Å². The monoisotopic (exact) mass is 285 g/mol. The maximum atomic E-state index is 14.9. The minimum atomic E-state index is -1.23. The number of nitrogens with one attached hydrogen (secondary N) is 1. The van der Waals surface area contributed by atoms with Gasteiger partial charge in [-0.3, -0.25) is 0 Å². The average Bonchev–Trinajstić information content (AvgIpc) is 2.30. The highest BCUT2D eigenvalue weighted by molar-refractivity contribution is 9.10. The summed E-state index contributed by atoms with van der Waals surface area (Å²) >= 11 is 3.44. The lowest BCUT2D eigenvalue weighted by molar-refractivity contribution is 0.0766. The fourth-order valence-electron chi connectivity index (χ4n) is 2.44. The van der Waals surface area contributed by atoms with Crippen LogP contribution in [-0.2, 0) is 5.67 Å². The second-order valence-electron chi connectivity index (χ2n) is 4.58. The average molecular weight is 286 g/mol. The van der Waals surface area contributed by atoms with Gasteiger partial charge in [-0.1, -0.05) is 34.1 Å².